The number of nitrogens with one attached hydrogen (secondary N) is 2. The highest BCUT2D eigenvalue weighted by molar-refractivity contribution is 6.05. The molecule has 162 valence electrons. The molecular weight excluding hydrogens is 409 g/mol. The summed E-state index contributed by atoms with van der Waals surface area (Å²) in [5.41, 5.74) is 9.36. The number of nitrogens with two attached hydrogens (primary N) is 1. The van der Waals surface area contributed by atoms with Gasteiger partial charge in [-0.1, -0.05) is 18.2 Å². The zero-order valence-corrected chi connectivity index (χ0v) is 17.3. The molecule has 0 atom stereocenters. The van der Waals surface area contributed by atoms with Crippen LogP contribution < -0.4 is 16.4 Å². The molecule has 0 bridgehead atoms. The van der Waals surface area contributed by atoms with Crippen LogP contribution in [-0.2, 0) is 19.5 Å². The molecule has 0 aliphatic carbocycles. The van der Waals surface area contributed by atoms with E-state index < -0.39 is 5.91 Å². The highest BCUT2D eigenvalue weighted by atomic mass is 19.1. The van der Waals surface area contributed by atoms with Crippen molar-refractivity contribution in [2.24, 2.45) is 5.73 Å². The van der Waals surface area contributed by atoms with Gasteiger partial charge in [-0.2, -0.15) is 14.8 Å². The summed E-state index contributed by atoms with van der Waals surface area (Å²) in [5.74, 6) is 0.307. The number of rotatable bonds is 5. The van der Waals surface area contributed by atoms with Crippen molar-refractivity contribution in [1.82, 2.24) is 25.1 Å². The minimum absolute atomic E-state index is 0.274. The lowest BCUT2D eigenvalue weighted by Crippen LogP contribution is -2.16. The van der Waals surface area contributed by atoms with E-state index in [-0.39, 0.29) is 5.82 Å². The minimum Gasteiger partial charge on any atom is -0.366 e. The van der Waals surface area contributed by atoms with Gasteiger partial charge >= 0.3 is 0 Å². The maximum Gasteiger partial charge on any atom is 0.253 e. The second-order valence-corrected chi connectivity index (χ2v) is 7.72. The smallest absolute Gasteiger partial charge is 0.253 e. The second-order valence-electron chi connectivity index (χ2n) is 7.72. The second kappa shape index (κ2) is 8.35. The Morgan fingerprint density at radius 2 is 2.09 bits per heavy atom. The van der Waals surface area contributed by atoms with E-state index in [1.165, 1.54) is 12.1 Å². The molecule has 3 heterocycles. The monoisotopic (exact) mass is 431 g/mol. The number of hydrogen-bond acceptors (Lipinski definition) is 6. The van der Waals surface area contributed by atoms with Crippen LogP contribution in [0.4, 0.5) is 10.2 Å². The van der Waals surface area contributed by atoms with Crippen LogP contribution in [-0.4, -0.2) is 32.2 Å². The van der Waals surface area contributed by atoms with Crippen molar-refractivity contribution in [1.29, 1.82) is 0 Å². The first-order valence-corrected chi connectivity index (χ1v) is 10.5. The number of fused-ring (bicyclic) bond motifs is 2. The molecule has 1 aliphatic rings. The van der Waals surface area contributed by atoms with Gasteiger partial charge in [0.25, 0.3) is 5.95 Å². The summed E-state index contributed by atoms with van der Waals surface area (Å²) < 4.78 is 15.2. The quantitative estimate of drug-likeness (QED) is 0.448. The molecule has 32 heavy (non-hydrogen) atoms. The topological polar surface area (TPSA) is 111 Å². The number of carbonyl (C=O) groups excluding carboxylic acids is 1. The van der Waals surface area contributed by atoms with E-state index in [4.69, 9.17) is 15.7 Å². The Hall–Kier alpha value is -3.85. The molecule has 5 rings (SSSR count). The van der Waals surface area contributed by atoms with Crippen LogP contribution in [0.1, 0.15) is 33.6 Å². The number of carbonyl (C=O) groups is 1. The average molecular weight is 431 g/mol. The fourth-order valence-corrected chi connectivity index (χ4v) is 4.02. The van der Waals surface area contributed by atoms with Crippen molar-refractivity contribution in [3.05, 3.63) is 76.9 Å². The normalized spacial score (nSPS) is 13.5. The number of nitrogens with zero attached hydrogens (tertiary/aromatic N) is 4. The van der Waals surface area contributed by atoms with Crippen LogP contribution in [0.15, 0.2) is 48.7 Å². The van der Waals surface area contributed by atoms with Gasteiger partial charge in [0.05, 0.1) is 23.0 Å². The molecule has 2 aromatic carbocycles. The van der Waals surface area contributed by atoms with E-state index in [0.717, 1.165) is 36.2 Å². The minimum atomic E-state index is -0.514. The van der Waals surface area contributed by atoms with Crippen molar-refractivity contribution < 1.29 is 9.18 Å². The Kier molecular flexibility index (Phi) is 5.24. The molecule has 0 radical (unpaired) electrons. The first-order chi connectivity index (χ1) is 15.6. The molecule has 1 amide bonds. The van der Waals surface area contributed by atoms with Crippen molar-refractivity contribution >= 4 is 22.6 Å². The van der Waals surface area contributed by atoms with Crippen molar-refractivity contribution in [3.8, 4) is 5.95 Å². The van der Waals surface area contributed by atoms with E-state index in [0.29, 0.717) is 41.3 Å². The Balaban J connectivity index is 1.58. The molecule has 0 saturated carbocycles. The molecule has 0 unspecified atom stereocenters. The lowest BCUT2D eigenvalue weighted by molar-refractivity contribution is 0.100. The number of hydrogen-bond donors (Lipinski definition) is 3. The molecule has 2 aromatic heterocycles. The summed E-state index contributed by atoms with van der Waals surface area (Å²) in [6.45, 7) is 1.94. The number of aromatic nitrogens is 4. The van der Waals surface area contributed by atoms with Gasteiger partial charge in [0, 0.05) is 24.0 Å². The van der Waals surface area contributed by atoms with Gasteiger partial charge in [-0.3, -0.25) is 4.79 Å². The Labute approximate surface area is 183 Å². The third kappa shape index (κ3) is 3.78. The van der Waals surface area contributed by atoms with Crippen molar-refractivity contribution in [2.45, 2.75) is 25.9 Å². The summed E-state index contributed by atoms with van der Waals surface area (Å²) >= 11 is 0. The molecule has 8 nitrogen and oxygen atoms in total. The molecule has 1 aliphatic heterocycles. The van der Waals surface area contributed by atoms with Gasteiger partial charge < -0.3 is 16.4 Å². The predicted octanol–water partition coefficient (Wildman–Crippen LogP) is 2.70. The van der Waals surface area contributed by atoms with Crippen LogP contribution in [0.2, 0.25) is 0 Å². The third-order valence-corrected chi connectivity index (χ3v) is 5.57. The maximum absolute atomic E-state index is 13.6. The molecule has 9 heteroatoms. The van der Waals surface area contributed by atoms with Gasteiger partial charge in [-0.25, -0.2) is 9.37 Å². The summed E-state index contributed by atoms with van der Waals surface area (Å²) in [4.78, 5) is 21.4. The third-order valence-electron chi connectivity index (χ3n) is 5.57. The summed E-state index contributed by atoms with van der Waals surface area (Å²) in [5, 5.41) is 11.8. The molecule has 4 N–H and O–H groups in total. The summed E-state index contributed by atoms with van der Waals surface area (Å²) in [7, 11) is 0. The van der Waals surface area contributed by atoms with Crippen LogP contribution in [0, 0.1) is 5.82 Å². The predicted molar refractivity (Wildman–Crippen MR) is 119 cm³/mol. The standard InChI is InChI=1S/C23H22FN7O/c24-15-5-1-4-14(10-15)11-27-22-17-7-3-9-26-13-19(17)29-23(30-22)31-20-8-2-6-16(21(25)32)18(20)12-28-31/h1-2,4-6,8,10,12,26H,3,7,9,11,13H2,(H2,25,32)(H,27,29,30). The first-order valence-electron chi connectivity index (χ1n) is 10.5. The zero-order valence-electron chi connectivity index (χ0n) is 17.3. The fourth-order valence-electron chi connectivity index (χ4n) is 4.02. The SMILES string of the molecule is NC(=O)c1cccc2c1cnn2-c1nc2c(c(NCc3cccc(F)c3)n1)CCCNC2. The van der Waals surface area contributed by atoms with E-state index in [2.05, 4.69) is 15.7 Å². The van der Waals surface area contributed by atoms with Gasteiger partial charge in [-0.05, 0) is 49.2 Å². The summed E-state index contributed by atoms with van der Waals surface area (Å²) in [6, 6.07) is 11.8. The number of amides is 1. The van der Waals surface area contributed by atoms with Gasteiger partial charge in [0.1, 0.15) is 11.6 Å². The summed E-state index contributed by atoms with van der Waals surface area (Å²) in [6.07, 6.45) is 3.40. The molecule has 0 fully saturated rings. The number of primary amides is 1. The van der Waals surface area contributed by atoms with E-state index >= 15 is 0 Å². The molecule has 4 aromatic rings. The molecular formula is C23H22FN7O. The van der Waals surface area contributed by atoms with Gasteiger partial charge in [-0.15, -0.1) is 0 Å². The van der Waals surface area contributed by atoms with Crippen molar-refractivity contribution in [2.75, 3.05) is 11.9 Å². The Morgan fingerprint density at radius 3 is 2.94 bits per heavy atom. The van der Waals surface area contributed by atoms with Gasteiger partial charge in [0.2, 0.25) is 5.91 Å². The van der Waals surface area contributed by atoms with Crippen LogP contribution >= 0.6 is 0 Å². The van der Waals surface area contributed by atoms with E-state index in [9.17, 15) is 9.18 Å². The first kappa shape index (κ1) is 20.1. The lowest BCUT2D eigenvalue weighted by atomic mass is 10.1. The van der Waals surface area contributed by atoms with Crippen LogP contribution in [0.5, 0.6) is 0 Å². The fraction of sp³-hybridized carbons (Fsp3) is 0.217. The lowest BCUT2D eigenvalue weighted by Gasteiger charge is -2.15. The zero-order chi connectivity index (χ0) is 22.1. The van der Waals surface area contributed by atoms with Crippen molar-refractivity contribution in [3.63, 3.8) is 0 Å². The Bertz CT molecular complexity index is 1320. The highest BCUT2D eigenvalue weighted by Gasteiger charge is 2.20. The number of halogens is 1. The highest BCUT2D eigenvalue weighted by Crippen LogP contribution is 2.25. The van der Waals surface area contributed by atoms with Gasteiger partial charge in [0.15, 0.2) is 0 Å². The molecule has 0 saturated heterocycles. The van der Waals surface area contributed by atoms with E-state index in [1.54, 1.807) is 29.1 Å². The number of benzene rings is 2. The maximum atomic E-state index is 13.6. The Morgan fingerprint density at radius 1 is 1.22 bits per heavy atom. The molecule has 0 spiro atoms. The average Bonchev–Trinajstić information content (AvgIpc) is 3.08. The largest absolute Gasteiger partial charge is 0.366 e. The van der Waals surface area contributed by atoms with E-state index in [1.807, 2.05) is 12.1 Å². The van der Waals surface area contributed by atoms with Crippen LogP contribution in [0.25, 0.3) is 16.9 Å². The number of anilines is 1. The van der Waals surface area contributed by atoms with Crippen LogP contribution in [0.3, 0.4) is 0 Å².